The summed E-state index contributed by atoms with van der Waals surface area (Å²) in [6, 6.07) is 15.2. The number of nitrogens with one attached hydrogen (secondary N) is 1. The van der Waals surface area contributed by atoms with E-state index in [9.17, 15) is 14.9 Å². The molecule has 1 aromatic carbocycles. The maximum absolute atomic E-state index is 13.0. The molecule has 8 heteroatoms. The van der Waals surface area contributed by atoms with Crippen molar-refractivity contribution in [3.05, 3.63) is 69.4 Å². The molecule has 0 aliphatic heterocycles. The Morgan fingerprint density at radius 1 is 1.26 bits per heavy atom. The number of anilines is 1. The van der Waals surface area contributed by atoms with Gasteiger partial charge in [-0.05, 0) is 54.3 Å². The number of rotatable bonds is 5. The summed E-state index contributed by atoms with van der Waals surface area (Å²) in [6.07, 6.45) is 2.81. The minimum atomic E-state index is -0.591. The summed E-state index contributed by atoms with van der Waals surface area (Å²) in [6.45, 7) is 1.76. The largest absolute Gasteiger partial charge is 0.452 e. The highest BCUT2D eigenvalue weighted by Crippen LogP contribution is 2.39. The summed E-state index contributed by atoms with van der Waals surface area (Å²) >= 11 is 2.98. The van der Waals surface area contributed by atoms with E-state index in [2.05, 4.69) is 23.3 Å². The second-order valence-electron chi connectivity index (χ2n) is 8.34. The van der Waals surface area contributed by atoms with Crippen LogP contribution in [0.4, 0.5) is 5.00 Å². The van der Waals surface area contributed by atoms with Gasteiger partial charge < -0.3 is 10.1 Å². The lowest BCUT2D eigenvalue weighted by Gasteiger charge is -2.17. The molecule has 170 valence electrons. The molecule has 1 aliphatic rings. The lowest BCUT2D eigenvalue weighted by atomic mass is 9.89. The van der Waals surface area contributed by atoms with Crippen molar-refractivity contribution in [2.75, 3.05) is 11.9 Å². The summed E-state index contributed by atoms with van der Waals surface area (Å²) in [5, 5.41) is 15.6. The second-order valence-corrected chi connectivity index (χ2v) is 10.4. The fourth-order valence-electron chi connectivity index (χ4n) is 4.22. The van der Waals surface area contributed by atoms with Gasteiger partial charge in [-0.1, -0.05) is 31.2 Å². The summed E-state index contributed by atoms with van der Waals surface area (Å²) in [5.41, 5.74) is 3.30. The van der Waals surface area contributed by atoms with Crippen molar-refractivity contribution in [2.24, 2.45) is 5.92 Å². The molecule has 0 radical (unpaired) electrons. The van der Waals surface area contributed by atoms with Gasteiger partial charge in [-0.3, -0.25) is 4.79 Å². The van der Waals surface area contributed by atoms with E-state index in [-0.39, 0.29) is 0 Å². The standard InChI is InChI=1S/C26H21N3O3S2/c1-15-8-9-17-19(13-27)25(34-23(17)11-15)29-24(30)14-32-26(31)18-12-21(22-7-4-10-33-22)28-20-6-3-2-5-16(18)20/h2-7,10,12,15H,8-9,11,14H2,1H3,(H,29,30). The van der Waals surface area contributed by atoms with Gasteiger partial charge in [-0.15, -0.1) is 22.7 Å². The van der Waals surface area contributed by atoms with E-state index in [0.29, 0.717) is 38.6 Å². The van der Waals surface area contributed by atoms with E-state index in [1.165, 1.54) is 22.7 Å². The Bertz CT molecular complexity index is 1430. The number of para-hydroxylation sites is 1. The zero-order valence-corrected chi connectivity index (χ0v) is 20.1. The first-order chi connectivity index (χ1) is 16.5. The van der Waals surface area contributed by atoms with Crippen LogP contribution in [0.3, 0.4) is 0 Å². The Hall–Kier alpha value is -3.54. The Morgan fingerprint density at radius 3 is 2.91 bits per heavy atom. The van der Waals surface area contributed by atoms with Crippen LogP contribution in [0.25, 0.3) is 21.5 Å². The molecule has 1 aliphatic carbocycles. The minimum Gasteiger partial charge on any atom is -0.452 e. The van der Waals surface area contributed by atoms with Crippen molar-refractivity contribution in [1.82, 2.24) is 4.98 Å². The third-order valence-electron chi connectivity index (χ3n) is 5.92. The molecule has 1 atom stereocenters. The molecule has 0 fully saturated rings. The van der Waals surface area contributed by atoms with Gasteiger partial charge >= 0.3 is 5.97 Å². The second kappa shape index (κ2) is 9.37. The van der Waals surface area contributed by atoms with Crippen LogP contribution in [0.1, 0.15) is 39.7 Å². The average molecular weight is 488 g/mol. The fourth-order valence-corrected chi connectivity index (χ4v) is 6.29. The van der Waals surface area contributed by atoms with Gasteiger partial charge in [-0.25, -0.2) is 9.78 Å². The molecular formula is C26H21N3O3S2. The molecular weight excluding hydrogens is 466 g/mol. The molecule has 34 heavy (non-hydrogen) atoms. The number of esters is 1. The summed E-state index contributed by atoms with van der Waals surface area (Å²) < 4.78 is 5.38. The predicted octanol–water partition coefficient (Wildman–Crippen LogP) is 5.82. The molecule has 0 saturated carbocycles. The number of pyridine rings is 1. The van der Waals surface area contributed by atoms with E-state index in [1.54, 1.807) is 6.07 Å². The first-order valence-corrected chi connectivity index (χ1v) is 12.7. The number of fused-ring (bicyclic) bond motifs is 2. The monoisotopic (exact) mass is 487 g/mol. The van der Waals surface area contributed by atoms with Crippen molar-refractivity contribution in [2.45, 2.75) is 26.2 Å². The Kier molecular flexibility index (Phi) is 6.14. The van der Waals surface area contributed by atoms with Crippen molar-refractivity contribution in [3.8, 4) is 16.6 Å². The molecule has 1 amide bonds. The van der Waals surface area contributed by atoms with Crippen LogP contribution in [0, 0.1) is 17.2 Å². The number of nitrogens with zero attached hydrogens (tertiary/aromatic N) is 2. The SMILES string of the molecule is CC1CCc2c(sc(NC(=O)COC(=O)c3cc(-c4cccs4)nc4ccccc34)c2C#N)C1. The lowest BCUT2D eigenvalue weighted by molar-refractivity contribution is -0.119. The quantitative estimate of drug-likeness (QED) is 0.358. The molecule has 0 saturated heterocycles. The number of carbonyl (C=O) groups is 2. The molecule has 5 rings (SSSR count). The number of thiophene rings is 2. The van der Waals surface area contributed by atoms with Gasteiger partial charge in [0.2, 0.25) is 0 Å². The number of carbonyl (C=O) groups excluding carboxylic acids is 2. The van der Waals surface area contributed by atoms with Gasteiger partial charge in [0.25, 0.3) is 5.91 Å². The van der Waals surface area contributed by atoms with Crippen LogP contribution < -0.4 is 5.32 Å². The number of hydrogen-bond donors (Lipinski definition) is 1. The molecule has 4 aromatic rings. The fraction of sp³-hybridized carbons (Fsp3) is 0.231. The number of hydrogen-bond acceptors (Lipinski definition) is 7. The Balaban J connectivity index is 1.33. The summed E-state index contributed by atoms with van der Waals surface area (Å²) in [5.74, 6) is -0.490. The Labute approximate surface area is 204 Å². The van der Waals surface area contributed by atoms with Gasteiger partial charge in [0.1, 0.15) is 11.1 Å². The van der Waals surface area contributed by atoms with Gasteiger partial charge in [0.15, 0.2) is 6.61 Å². The first-order valence-electron chi connectivity index (χ1n) is 11.0. The van der Waals surface area contributed by atoms with Crippen molar-refractivity contribution in [3.63, 3.8) is 0 Å². The summed E-state index contributed by atoms with van der Waals surface area (Å²) in [7, 11) is 0. The molecule has 1 N–H and O–H groups in total. The molecule has 3 heterocycles. The van der Waals surface area contributed by atoms with Crippen LogP contribution in [0.15, 0.2) is 47.8 Å². The van der Waals surface area contributed by atoms with Crippen LogP contribution in [0.2, 0.25) is 0 Å². The maximum atomic E-state index is 13.0. The van der Waals surface area contributed by atoms with Crippen molar-refractivity contribution in [1.29, 1.82) is 5.26 Å². The zero-order valence-electron chi connectivity index (χ0n) is 18.5. The highest BCUT2D eigenvalue weighted by molar-refractivity contribution is 7.16. The molecule has 1 unspecified atom stereocenters. The van der Waals surface area contributed by atoms with Crippen molar-refractivity contribution >= 4 is 50.5 Å². The van der Waals surface area contributed by atoms with E-state index in [0.717, 1.165) is 34.6 Å². The van der Waals surface area contributed by atoms with E-state index in [1.807, 2.05) is 41.8 Å². The normalized spacial score (nSPS) is 14.9. The van der Waals surface area contributed by atoms with Crippen LogP contribution in [-0.2, 0) is 22.4 Å². The van der Waals surface area contributed by atoms with E-state index >= 15 is 0 Å². The van der Waals surface area contributed by atoms with Crippen LogP contribution in [0.5, 0.6) is 0 Å². The highest BCUT2D eigenvalue weighted by Gasteiger charge is 2.25. The minimum absolute atomic E-state index is 0.361. The van der Waals surface area contributed by atoms with Gasteiger partial charge in [0, 0.05) is 10.3 Å². The van der Waals surface area contributed by atoms with Crippen molar-refractivity contribution < 1.29 is 14.3 Å². The number of amides is 1. The third-order valence-corrected chi connectivity index (χ3v) is 7.98. The number of ether oxygens (including phenoxy) is 1. The Morgan fingerprint density at radius 2 is 2.12 bits per heavy atom. The topological polar surface area (TPSA) is 92.1 Å². The molecule has 0 bridgehead atoms. The van der Waals surface area contributed by atoms with E-state index < -0.39 is 18.5 Å². The van der Waals surface area contributed by atoms with Gasteiger partial charge in [-0.2, -0.15) is 5.26 Å². The van der Waals surface area contributed by atoms with E-state index in [4.69, 9.17) is 4.74 Å². The zero-order chi connectivity index (χ0) is 23.7. The van der Waals surface area contributed by atoms with Crippen LogP contribution in [-0.4, -0.2) is 23.5 Å². The molecule has 0 spiro atoms. The lowest BCUT2D eigenvalue weighted by Crippen LogP contribution is -2.21. The average Bonchev–Trinajstić information content (AvgIpc) is 3.49. The summed E-state index contributed by atoms with van der Waals surface area (Å²) in [4.78, 5) is 32.4. The predicted molar refractivity (Wildman–Crippen MR) is 134 cm³/mol. The van der Waals surface area contributed by atoms with Crippen LogP contribution >= 0.6 is 22.7 Å². The smallest absolute Gasteiger partial charge is 0.339 e. The first kappa shape index (κ1) is 22.3. The third kappa shape index (κ3) is 4.32. The number of benzene rings is 1. The maximum Gasteiger partial charge on any atom is 0.339 e. The molecule has 3 aromatic heterocycles. The van der Waals surface area contributed by atoms with Gasteiger partial charge in [0.05, 0.1) is 27.2 Å². The number of aromatic nitrogens is 1. The number of nitriles is 1. The molecule has 6 nitrogen and oxygen atoms in total. The highest BCUT2D eigenvalue weighted by atomic mass is 32.1.